The zero-order chi connectivity index (χ0) is 17.9. The normalized spacial score (nSPS) is 25.7. The second-order valence-electron chi connectivity index (χ2n) is 8.56. The Morgan fingerprint density at radius 1 is 0.808 bits per heavy atom. The van der Waals surface area contributed by atoms with Gasteiger partial charge in [0, 0.05) is 0 Å². The minimum absolute atomic E-state index is 0.164. The molecule has 0 spiro atoms. The Morgan fingerprint density at radius 3 is 2.27 bits per heavy atom. The van der Waals surface area contributed by atoms with E-state index in [1.165, 1.54) is 68.9 Å². The van der Waals surface area contributed by atoms with Crippen molar-refractivity contribution in [3.63, 3.8) is 0 Å². The molecule has 2 aromatic carbocycles. The van der Waals surface area contributed by atoms with Crippen LogP contribution in [0.25, 0.3) is 11.1 Å². The maximum absolute atomic E-state index is 13.2. The van der Waals surface area contributed by atoms with Crippen molar-refractivity contribution in [1.29, 1.82) is 0 Å². The van der Waals surface area contributed by atoms with Gasteiger partial charge in [0.25, 0.3) is 0 Å². The van der Waals surface area contributed by atoms with Crippen LogP contribution in [0.4, 0.5) is 4.39 Å². The van der Waals surface area contributed by atoms with Crippen molar-refractivity contribution >= 4 is 0 Å². The molecular weight excluding hydrogens is 319 g/mol. The van der Waals surface area contributed by atoms with E-state index >= 15 is 0 Å². The van der Waals surface area contributed by atoms with Gasteiger partial charge in [0.15, 0.2) is 0 Å². The third-order valence-electron chi connectivity index (χ3n) is 6.91. The number of hydrogen-bond acceptors (Lipinski definition) is 0. The van der Waals surface area contributed by atoms with Gasteiger partial charge in [-0.1, -0.05) is 62.9 Å². The number of halogens is 1. The van der Waals surface area contributed by atoms with Crippen LogP contribution in [0.5, 0.6) is 0 Å². The fourth-order valence-electron chi connectivity index (χ4n) is 5.36. The lowest BCUT2D eigenvalue weighted by molar-refractivity contribution is 0.184. The SMILES string of the molecule is CCCC1CCC(C2CCc3cc(-c4ccc(F)cc4)ccc3C2)CC1. The summed E-state index contributed by atoms with van der Waals surface area (Å²) < 4.78 is 13.2. The van der Waals surface area contributed by atoms with Gasteiger partial charge in [-0.2, -0.15) is 0 Å². The van der Waals surface area contributed by atoms with Crippen LogP contribution < -0.4 is 0 Å². The molecule has 0 amide bonds. The Kier molecular flexibility index (Phi) is 5.43. The summed E-state index contributed by atoms with van der Waals surface area (Å²) in [5.74, 6) is 2.68. The Morgan fingerprint density at radius 2 is 1.54 bits per heavy atom. The first-order valence-electron chi connectivity index (χ1n) is 10.6. The van der Waals surface area contributed by atoms with E-state index in [1.807, 2.05) is 12.1 Å². The summed E-state index contributed by atoms with van der Waals surface area (Å²) >= 11 is 0. The number of aryl methyl sites for hydroxylation is 1. The summed E-state index contributed by atoms with van der Waals surface area (Å²) in [6.45, 7) is 2.32. The number of rotatable bonds is 4. The molecule has 138 valence electrons. The topological polar surface area (TPSA) is 0 Å². The molecule has 2 aliphatic rings. The Labute approximate surface area is 157 Å². The van der Waals surface area contributed by atoms with Crippen molar-refractivity contribution in [1.82, 2.24) is 0 Å². The van der Waals surface area contributed by atoms with E-state index in [2.05, 4.69) is 25.1 Å². The molecule has 2 aromatic rings. The van der Waals surface area contributed by atoms with Crippen molar-refractivity contribution in [3.05, 3.63) is 59.4 Å². The fourth-order valence-corrected chi connectivity index (χ4v) is 5.36. The van der Waals surface area contributed by atoms with Gasteiger partial charge in [0.1, 0.15) is 5.82 Å². The number of hydrogen-bond donors (Lipinski definition) is 0. The summed E-state index contributed by atoms with van der Waals surface area (Å²) in [7, 11) is 0. The first kappa shape index (κ1) is 17.8. The largest absolute Gasteiger partial charge is 0.207 e. The molecule has 1 heteroatoms. The minimum Gasteiger partial charge on any atom is -0.207 e. The van der Waals surface area contributed by atoms with Crippen molar-refractivity contribution < 1.29 is 4.39 Å². The summed E-state index contributed by atoms with van der Waals surface area (Å²) in [6.07, 6.45) is 12.5. The van der Waals surface area contributed by atoms with Crippen LogP contribution >= 0.6 is 0 Å². The molecule has 26 heavy (non-hydrogen) atoms. The molecule has 0 radical (unpaired) electrons. The average molecular weight is 351 g/mol. The fraction of sp³-hybridized carbons (Fsp3) is 0.520. The van der Waals surface area contributed by atoms with Gasteiger partial charge in [0.2, 0.25) is 0 Å². The monoisotopic (exact) mass is 350 g/mol. The van der Waals surface area contributed by atoms with Crippen LogP contribution in [0.2, 0.25) is 0 Å². The highest BCUT2D eigenvalue weighted by atomic mass is 19.1. The van der Waals surface area contributed by atoms with Crippen LogP contribution in [0.15, 0.2) is 42.5 Å². The molecule has 0 aromatic heterocycles. The molecule has 0 saturated heterocycles. The van der Waals surface area contributed by atoms with Crippen molar-refractivity contribution in [2.45, 2.75) is 64.7 Å². The predicted octanol–water partition coefficient (Wildman–Crippen LogP) is 7.20. The third kappa shape index (κ3) is 3.87. The van der Waals surface area contributed by atoms with Crippen LogP contribution in [-0.4, -0.2) is 0 Å². The highest BCUT2D eigenvalue weighted by molar-refractivity contribution is 5.65. The molecule has 0 N–H and O–H groups in total. The van der Waals surface area contributed by atoms with E-state index in [-0.39, 0.29) is 5.82 Å². The van der Waals surface area contributed by atoms with Crippen molar-refractivity contribution in [2.24, 2.45) is 17.8 Å². The van der Waals surface area contributed by atoms with Gasteiger partial charge in [-0.3, -0.25) is 0 Å². The second-order valence-corrected chi connectivity index (χ2v) is 8.56. The van der Waals surface area contributed by atoms with Crippen molar-refractivity contribution in [2.75, 3.05) is 0 Å². The zero-order valence-corrected chi connectivity index (χ0v) is 16.0. The first-order chi connectivity index (χ1) is 12.7. The maximum atomic E-state index is 13.2. The third-order valence-corrected chi connectivity index (χ3v) is 6.91. The van der Waals surface area contributed by atoms with E-state index in [4.69, 9.17) is 0 Å². The Bertz CT molecular complexity index is 722. The van der Waals surface area contributed by atoms with Gasteiger partial charge >= 0.3 is 0 Å². The summed E-state index contributed by atoms with van der Waals surface area (Å²) in [4.78, 5) is 0. The molecule has 2 aliphatic carbocycles. The number of fused-ring (bicyclic) bond motifs is 1. The van der Waals surface area contributed by atoms with E-state index in [9.17, 15) is 4.39 Å². The van der Waals surface area contributed by atoms with Gasteiger partial charge in [-0.15, -0.1) is 0 Å². The highest BCUT2D eigenvalue weighted by Crippen LogP contribution is 2.41. The minimum atomic E-state index is -0.164. The molecule has 0 nitrogen and oxygen atoms in total. The maximum Gasteiger partial charge on any atom is 0.123 e. The molecule has 0 aliphatic heterocycles. The van der Waals surface area contributed by atoms with Gasteiger partial charge in [-0.05, 0) is 84.2 Å². The Balaban J connectivity index is 1.42. The molecule has 0 bridgehead atoms. The molecular formula is C25H31F. The Hall–Kier alpha value is -1.63. The first-order valence-corrected chi connectivity index (χ1v) is 10.6. The van der Waals surface area contributed by atoms with Gasteiger partial charge in [0.05, 0.1) is 0 Å². The molecule has 1 atom stereocenters. The van der Waals surface area contributed by atoms with E-state index < -0.39 is 0 Å². The van der Waals surface area contributed by atoms with Gasteiger partial charge < -0.3 is 0 Å². The smallest absolute Gasteiger partial charge is 0.123 e. The van der Waals surface area contributed by atoms with Crippen molar-refractivity contribution in [3.8, 4) is 11.1 Å². The molecule has 1 unspecified atom stereocenters. The number of benzene rings is 2. The standard InChI is InChI=1S/C25H31F/c1-2-3-18-4-6-19(7-5-18)21-8-10-24-17-22(9-11-23(24)16-21)20-12-14-25(26)15-13-20/h9,11-15,17-19,21H,2-8,10,16H2,1H3. The second kappa shape index (κ2) is 7.94. The van der Waals surface area contributed by atoms with Crippen LogP contribution in [0, 0.1) is 23.6 Å². The van der Waals surface area contributed by atoms with Crippen LogP contribution in [0.3, 0.4) is 0 Å². The predicted molar refractivity (Wildman–Crippen MR) is 108 cm³/mol. The average Bonchev–Trinajstić information content (AvgIpc) is 2.69. The lowest BCUT2D eigenvalue weighted by Crippen LogP contribution is -2.26. The van der Waals surface area contributed by atoms with E-state index in [0.29, 0.717) is 0 Å². The van der Waals surface area contributed by atoms with Crippen LogP contribution in [0.1, 0.15) is 63.0 Å². The lowest BCUT2D eigenvalue weighted by Gasteiger charge is -2.36. The molecule has 4 rings (SSSR count). The van der Waals surface area contributed by atoms with E-state index in [1.54, 1.807) is 17.7 Å². The highest BCUT2D eigenvalue weighted by Gasteiger charge is 2.29. The quantitative estimate of drug-likeness (QED) is 0.547. The lowest BCUT2D eigenvalue weighted by atomic mass is 9.69. The molecule has 1 saturated carbocycles. The zero-order valence-electron chi connectivity index (χ0n) is 16.0. The summed E-state index contributed by atoms with van der Waals surface area (Å²) in [5, 5.41) is 0. The summed E-state index contributed by atoms with van der Waals surface area (Å²) in [6, 6.07) is 13.8. The molecule has 1 fully saturated rings. The summed E-state index contributed by atoms with van der Waals surface area (Å²) in [5.41, 5.74) is 5.42. The van der Waals surface area contributed by atoms with Crippen LogP contribution in [-0.2, 0) is 12.8 Å². The van der Waals surface area contributed by atoms with Gasteiger partial charge in [-0.25, -0.2) is 4.39 Å². The molecule has 0 heterocycles. The van der Waals surface area contributed by atoms with E-state index in [0.717, 1.165) is 23.3 Å².